The highest BCUT2D eigenvalue weighted by Gasteiger charge is 2.08. The smallest absolute Gasteiger partial charge is 0.265 e. The molecule has 1 aromatic heterocycles. The lowest BCUT2D eigenvalue weighted by Gasteiger charge is -2.10. The van der Waals surface area contributed by atoms with E-state index < -0.39 is 0 Å². The molecule has 0 atom stereocenters. The molecule has 3 nitrogen and oxygen atoms in total. The third-order valence-electron chi connectivity index (χ3n) is 3.03. The van der Waals surface area contributed by atoms with Crippen LogP contribution in [-0.2, 0) is 0 Å². The molecule has 0 saturated heterocycles. The molecular formula is C15H12Cl2N2O. The maximum atomic E-state index is 12.5. The predicted molar refractivity (Wildman–Crippen MR) is 84.3 cm³/mol. The molecule has 0 bridgehead atoms. The summed E-state index contributed by atoms with van der Waals surface area (Å²) in [5, 5.41) is 1.26. The summed E-state index contributed by atoms with van der Waals surface area (Å²) < 4.78 is 1.60. The molecule has 0 radical (unpaired) electrons. The van der Waals surface area contributed by atoms with Crippen molar-refractivity contribution < 1.29 is 0 Å². The van der Waals surface area contributed by atoms with Gasteiger partial charge in [0.2, 0.25) is 0 Å². The van der Waals surface area contributed by atoms with Crippen molar-refractivity contribution in [2.45, 2.75) is 6.92 Å². The molecule has 3 rings (SSSR count). The lowest BCUT2D eigenvalue weighted by molar-refractivity contribution is 0.895. The number of halogens is 2. The molecule has 0 aliphatic heterocycles. The Morgan fingerprint density at radius 1 is 1.05 bits per heavy atom. The molecule has 1 heterocycles. The molecule has 20 heavy (non-hydrogen) atoms. The number of fused-ring (bicyclic) bond motifs is 1. The van der Waals surface area contributed by atoms with Crippen LogP contribution < -0.4 is 5.56 Å². The molecule has 0 aliphatic rings. The Hall–Kier alpha value is -1.84. The number of rotatable bonds is 1. The first-order valence-corrected chi connectivity index (χ1v) is 6.29. The Morgan fingerprint density at radius 2 is 1.70 bits per heavy atom. The summed E-state index contributed by atoms with van der Waals surface area (Å²) in [6.45, 7) is 1.82. The summed E-state index contributed by atoms with van der Waals surface area (Å²) in [5.41, 5.74) is 1.42. The predicted octanol–water partition coefficient (Wildman–Crippen LogP) is 3.77. The van der Waals surface area contributed by atoms with Gasteiger partial charge in [-0.05, 0) is 43.3 Å². The Balaban J connectivity index is 0.00000147. The minimum Gasteiger partial charge on any atom is -0.268 e. The number of hydrogen-bond donors (Lipinski definition) is 0. The van der Waals surface area contributed by atoms with Gasteiger partial charge in [-0.2, -0.15) is 0 Å². The van der Waals surface area contributed by atoms with E-state index in [4.69, 9.17) is 11.6 Å². The molecule has 0 unspecified atom stereocenters. The van der Waals surface area contributed by atoms with Crippen LogP contribution in [0.25, 0.3) is 16.6 Å². The van der Waals surface area contributed by atoms with Crippen LogP contribution in [-0.4, -0.2) is 9.55 Å². The Kier molecular flexibility index (Phi) is 4.12. The van der Waals surface area contributed by atoms with Crippen LogP contribution in [0.4, 0.5) is 0 Å². The van der Waals surface area contributed by atoms with Crippen LogP contribution in [0.1, 0.15) is 5.82 Å². The van der Waals surface area contributed by atoms with Gasteiger partial charge in [0.1, 0.15) is 5.82 Å². The zero-order valence-electron chi connectivity index (χ0n) is 10.7. The first kappa shape index (κ1) is 14.6. The van der Waals surface area contributed by atoms with E-state index in [1.165, 1.54) is 0 Å². The molecule has 3 aromatic rings. The van der Waals surface area contributed by atoms with Crippen molar-refractivity contribution in [1.29, 1.82) is 0 Å². The van der Waals surface area contributed by atoms with E-state index in [2.05, 4.69) is 4.98 Å². The van der Waals surface area contributed by atoms with Gasteiger partial charge in [-0.15, -0.1) is 12.4 Å². The molecule has 0 aliphatic carbocycles. The first-order chi connectivity index (χ1) is 9.16. The highest BCUT2D eigenvalue weighted by molar-refractivity contribution is 6.30. The van der Waals surface area contributed by atoms with Gasteiger partial charge in [0.25, 0.3) is 5.56 Å². The quantitative estimate of drug-likeness (QED) is 0.686. The van der Waals surface area contributed by atoms with Crippen LogP contribution in [0.2, 0.25) is 5.02 Å². The molecule has 0 amide bonds. The molecule has 0 N–H and O–H groups in total. The van der Waals surface area contributed by atoms with Crippen molar-refractivity contribution in [2.75, 3.05) is 0 Å². The molecule has 2 aromatic carbocycles. The number of para-hydroxylation sites is 1. The lowest BCUT2D eigenvalue weighted by Crippen LogP contribution is -2.22. The average Bonchev–Trinajstić information content (AvgIpc) is 2.41. The van der Waals surface area contributed by atoms with E-state index in [-0.39, 0.29) is 18.0 Å². The molecule has 0 saturated carbocycles. The third-order valence-corrected chi connectivity index (χ3v) is 3.28. The fourth-order valence-electron chi connectivity index (χ4n) is 2.14. The Labute approximate surface area is 127 Å². The molecule has 0 fully saturated rings. The molecular weight excluding hydrogens is 295 g/mol. The molecule has 5 heteroatoms. The number of benzene rings is 2. The van der Waals surface area contributed by atoms with Crippen LogP contribution >= 0.6 is 24.0 Å². The molecule has 0 spiro atoms. The maximum absolute atomic E-state index is 12.5. The van der Waals surface area contributed by atoms with E-state index in [0.29, 0.717) is 16.2 Å². The highest BCUT2D eigenvalue weighted by atomic mass is 35.5. The van der Waals surface area contributed by atoms with Crippen LogP contribution in [0.3, 0.4) is 0 Å². The lowest BCUT2D eigenvalue weighted by atomic mass is 10.2. The molecule has 102 valence electrons. The minimum atomic E-state index is -0.0644. The van der Waals surface area contributed by atoms with Gasteiger partial charge in [-0.3, -0.25) is 9.36 Å². The van der Waals surface area contributed by atoms with Crippen molar-refractivity contribution in [1.82, 2.24) is 9.55 Å². The number of aromatic nitrogens is 2. The van der Waals surface area contributed by atoms with E-state index in [1.54, 1.807) is 22.8 Å². The van der Waals surface area contributed by atoms with Gasteiger partial charge in [0, 0.05) is 5.02 Å². The van der Waals surface area contributed by atoms with Crippen LogP contribution in [0.5, 0.6) is 0 Å². The standard InChI is InChI=1S/C15H11ClN2O.ClH/c1-10-17-14-5-3-2-4-13(14)15(19)18(10)12-8-6-11(16)7-9-12;/h2-9H,1H3;1H. The normalized spacial score (nSPS) is 10.3. The van der Waals surface area contributed by atoms with Gasteiger partial charge >= 0.3 is 0 Å². The Bertz CT molecular complexity index is 810. The van der Waals surface area contributed by atoms with Crippen LogP contribution in [0, 0.1) is 6.92 Å². The van der Waals surface area contributed by atoms with Gasteiger partial charge in [0.15, 0.2) is 0 Å². The van der Waals surface area contributed by atoms with E-state index in [0.717, 1.165) is 11.2 Å². The summed E-state index contributed by atoms with van der Waals surface area (Å²) in [6, 6.07) is 14.5. The summed E-state index contributed by atoms with van der Waals surface area (Å²) in [7, 11) is 0. The second-order valence-electron chi connectivity index (χ2n) is 4.29. The number of aryl methyl sites for hydroxylation is 1. The monoisotopic (exact) mass is 306 g/mol. The second kappa shape index (κ2) is 5.65. The third kappa shape index (κ3) is 2.42. The fraction of sp³-hybridized carbons (Fsp3) is 0.0667. The summed E-state index contributed by atoms with van der Waals surface area (Å²) in [4.78, 5) is 17.0. The summed E-state index contributed by atoms with van der Waals surface area (Å²) >= 11 is 5.87. The zero-order chi connectivity index (χ0) is 13.4. The second-order valence-corrected chi connectivity index (χ2v) is 4.73. The SMILES string of the molecule is Cc1nc2ccccc2c(=O)n1-c1ccc(Cl)cc1.Cl. The Morgan fingerprint density at radius 3 is 2.40 bits per heavy atom. The maximum Gasteiger partial charge on any atom is 0.265 e. The van der Waals surface area contributed by atoms with Crippen molar-refractivity contribution in [3.63, 3.8) is 0 Å². The largest absolute Gasteiger partial charge is 0.268 e. The van der Waals surface area contributed by atoms with Crippen molar-refractivity contribution in [3.8, 4) is 5.69 Å². The minimum absolute atomic E-state index is 0. The first-order valence-electron chi connectivity index (χ1n) is 5.91. The fourth-order valence-corrected chi connectivity index (χ4v) is 2.26. The van der Waals surface area contributed by atoms with E-state index >= 15 is 0 Å². The van der Waals surface area contributed by atoms with Gasteiger partial charge in [0.05, 0.1) is 16.6 Å². The highest BCUT2D eigenvalue weighted by Crippen LogP contribution is 2.15. The van der Waals surface area contributed by atoms with Gasteiger partial charge in [-0.1, -0.05) is 23.7 Å². The summed E-state index contributed by atoms with van der Waals surface area (Å²) in [6.07, 6.45) is 0. The zero-order valence-corrected chi connectivity index (χ0v) is 12.3. The average molecular weight is 307 g/mol. The van der Waals surface area contributed by atoms with E-state index in [9.17, 15) is 4.79 Å². The topological polar surface area (TPSA) is 34.9 Å². The van der Waals surface area contributed by atoms with Gasteiger partial charge in [-0.25, -0.2) is 4.98 Å². The van der Waals surface area contributed by atoms with Crippen LogP contribution in [0.15, 0.2) is 53.3 Å². The van der Waals surface area contributed by atoms with Gasteiger partial charge < -0.3 is 0 Å². The number of hydrogen-bond acceptors (Lipinski definition) is 2. The van der Waals surface area contributed by atoms with Crippen molar-refractivity contribution in [3.05, 3.63) is 69.7 Å². The van der Waals surface area contributed by atoms with Crippen molar-refractivity contribution in [2.24, 2.45) is 0 Å². The van der Waals surface area contributed by atoms with E-state index in [1.807, 2.05) is 37.3 Å². The number of nitrogens with zero attached hydrogens (tertiary/aromatic N) is 2. The van der Waals surface area contributed by atoms with Crippen molar-refractivity contribution >= 4 is 34.9 Å². The summed E-state index contributed by atoms with van der Waals surface area (Å²) in [5.74, 6) is 0.658.